The highest BCUT2D eigenvalue weighted by molar-refractivity contribution is 7.99. The maximum atomic E-state index is 12.2. The van der Waals surface area contributed by atoms with E-state index >= 15 is 0 Å². The topological polar surface area (TPSA) is 69.0 Å². The Balaban J connectivity index is 1.66. The molecular weight excluding hydrogens is 372 g/mol. The van der Waals surface area contributed by atoms with Gasteiger partial charge in [0.2, 0.25) is 5.91 Å². The van der Waals surface area contributed by atoms with Crippen molar-refractivity contribution in [3.05, 3.63) is 59.4 Å². The van der Waals surface area contributed by atoms with Crippen molar-refractivity contribution < 1.29 is 9.53 Å². The van der Waals surface area contributed by atoms with Gasteiger partial charge in [0.25, 0.3) is 0 Å². The summed E-state index contributed by atoms with van der Waals surface area (Å²) >= 11 is 7.49. The van der Waals surface area contributed by atoms with E-state index in [2.05, 4.69) is 15.5 Å². The predicted octanol–water partition coefficient (Wildman–Crippen LogP) is 3.97. The normalized spacial score (nSPS) is 10.6. The molecule has 0 aliphatic carbocycles. The molecule has 1 N–H and O–H groups in total. The number of aryl methyl sites for hydroxylation is 1. The van der Waals surface area contributed by atoms with Crippen molar-refractivity contribution in [2.45, 2.75) is 12.1 Å². The summed E-state index contributed by atoms with van der Waals surface area (Å²) in [6.45, 7) is 1.94. The lowest BCUT2D eigenvalue weighted by Crippen LogP contribution is -2.14. The number of aromatic nitrogens is 3. The van der Waals surface area contributed by atoms with Gasteiger partial charge in [-0.25, -0.2) is 0 Å². The molecule has 1 heterocycles. The van der Waals surface area contributed by atoms with E-state index in [1.54, 1.807) is 24.1 Å². The van der Waals surface area contributed by atoms with Gasteiger partial charge in [0, 0.05) is 16.8 Å². The fraction of sp³-hybridized carbons (Fsp3) is 0.167. The molecule has 8 heteroatoms. The number of amides is 1. The number of nitrogens with one attached hydrogen (secondary N) is 1. The molecular formula is C18H17ClN4O2S. The van der Waals surface area contributed by atoms with E-state index in [1.165, 1.54) is 11.8 Å². The van der Waals surface area contributed by atoms with Crippen LogP contribution >= 0.6 is 23.4 Å². The van der Waals surface area contributed by atoms with E-state index in [1.807, 2.05) is 43.3 Å². The van der Waals surface area contributed by atoms with Gasteiger partial charge in [-0.1, -0.05) is 35.5 Å². The number of ether oxygens (including phenoxy) is 1. The van der Waals surface area contributed by atoms with Crippen LogP contribution in [0.4, 0.5) is 5.69 Å². The fourth-order valence-electron chi connectivity index (χ4n) is 2.26. The maximum absolute atomic E-state index is 12.2. The Hall–Kier alpha value is -2.51. The second-order valence-electron chi connectivity index (χ2n) is 5.49. The van der Waals surface area contributed by atoms with E-state index in [-0.39, 0.29) is 11.7 Å². The number of carbonyl (C=O) groups is 1. The fourth-order valence-corrected chi connectivity index (χ4v) is 3.16. The third kappa shape index (κ3) is 4.36. The zero-order valence-corrected chi connectivity index (χ0v) is 15.8. The molecule has 6 nitrogen and oxygen atoms in total. The van der Waals surface area contributed by atoms with Gasteiger partial charge in [-0.2, -0.15) is 0 Å². The van der Waals surface area contributed by atoms with Gasteiger partial charge in [0.1, 0.15) is 12.1 Å². The number of rotatable bonds is 6. The van der Waals surface area contributed by atoms with E-state index < -0.39 is 0 Å². The number of thioether (sulfide) groups is 1. The van der Waals surface area contributed by atoms with Crippen LogP contribution in [0.5, 0.6) is 5.75 Å². The number of carbonyl (C=O) groups excluding carboxylic acids is 1. The van der Waals surface area contributed by atoms with Crippen molar-refractivity contribution in [3.8, 4) is 11.4 Å². The van der Waals surface area contributed by atoms with Crippen molar-refractivity contribution in [2.75, 3.05) is 18.2 Å². The first-order chi connectivity index (χ1) is 12.6. The minimum atomic E-state index is -0.139. The molecule has 1 aromatic heterocycles. The van der Waals surface area contributed by atoms with Gasteiger partial charge in [0.05, 0.1) is 18.6 Å². The van der Waals surface area contributed by atoms with Crippen molar-refractivity contribution in [3.63, 3.8) is 0 Å². The molecule has 3 aromatic rings. The van der Waals surface area contributed by atoms with Crippen LogP contribution in [0.1, 0.15) is 5.56 Å². The Labute approximate surface area is 160 Å². The van der Waals surface area contributed by atoms with Crippen LogP contribution in [-0.2, 0) is 4.79 Å². The summed E-state index contributed by atoms with van der Waals surface area (Å²) in [6, 6.07) is 12.9. The molecule has 0 spiro atoms. The zero-order valence-electron chi connectivity index (χ0n) is 14.3. The molecule has 0 saturated carbocycles. The van der Waals surface area contributed by atoms with Gasteiger partial charge in [-0.3, -0.25) is 9.36 Å². The quantitative estimate of drug-likeness (QED) is 0.647. The van der Waals surface area contributed by atoms with Gasteiger partial charge < -0.3 is 10.1 Å². The van der Waals surface area contributed by atoms with E-state index in [9.17, 15) is 4.79 Å². The summed E-state index contributed by atoms with van der Waals surface area (Å²) < 4.78 is 6.95. The molecule has 0 aliphatic rings. The number of hydrogen-bond acceptors (Lipinski definition) is 5. The highest BCUT2D eigenvalue weighted by atomic mass is 35.5. The van der Waals surface area contributed by atoms with Crippen LogP contribution in [0.25, 0.3) is 5.69 Å². The third-order valence-electron chi connectivity index (χ3n) is 3.64. The first-order valence-electron chi connectivity index (χ1n) is 7.80. The molecule has 0 radical (unpaired) electrons. The summed E-state index contributed by atoms with van der Waals surface area (Å²) in [6.07, 6.45) is 1.60. The second-order valence-corrected chi connectivity index (χ2v) is 6.84. The first kappa shape index (κ1) is 18.3. The zero-order chi connectivity index (χ0) is 18.5. The van der Waals surface area contributed by atoms with Crippen LogP contribution in [0.15, 0.2) is 53.9 Å². The van der Waals surface area contributed by atoms with Crippen LogP contribution in [0.3, 0.4) is 0 Å². The Bertz CT molecular complexity index is 929. The highest BCUT2D eigenvalue weighted by Crippen LogP contribution is 2.24. The maximum Gasteiger partial charge on any atom is 0.234 e. The number of methoxy groups -OCH3 is 1. The van der Waals surface area contributed by atoms with Crippen molar-refractivity contribution in [2.24, 2.45) is 0 Å². The lowest BCUT2D eigenvalue weighted by Gasteiger charge is -2.09. The number of anilines is 1. The van der Waals surface area contributed by atoms with E-state index in [4.69, 9.17) is 16.3 Å². The lowest BCUT2D eigenvalue weighted by atomic mass is 10.2. The molecule has 0 fully saturated rings. The average molecular weight is 389 g/mol. The summed E-state index contributed by atoms with van der Waals surface area (Å²) in [5.74, 6) is 0.751. The Morgan fingerprint density at radius 3 is 2.92 bits per heavy atom. The highest BCUT2D eigenvalue weighted by Gasteiger charge is 2.11. The number of benzene rings is 2. The van der Waals surface area contributed by atoms with Crippen LogP contribution in [0, 0.1) is 6.92 Å². The Morgan fingerprint density at radius 2 is 2.15 bits per heavy atom. The summed E-state index contributed by atoms with van der Waals surface area (Å²) in [4.78, 5) is 12.2. The molecule has 134 valence electrons. The molecule has 0 saturated heterocycles. The second kappa shape index (κ2) is 8.25. The van der Waals surface area contributed by atoms with Crippen LogP contribution in [0.2, 0.25) is 5.02 Å². The minimum absolute atomic E-state index is 0.139. The Morgan fingerprint density at radius 1 is 1.31 bits per heavy atom. The molecule has 1 amide bonds. The van der Waals surface area contributed by atoms with Crippen LogP contribution < -0.4 is 10.1 Å². The largest absolute Gasteiger partial charge is 0.497 e. The van der Waals surface area contributed by atoms with Gasteiger partial charge >= 0.3 is 0 Å². The predicted molar refractivity (Wildman–Crippen MR) is 103 cm³/mol. The molecule has 0 bridgehead atoms. The number of nitrogens with zero attached hydrogens (tertiary/aromatic N) is 3. The molecule has 26 heavy (non-hydrogen) atoms. The summed E-state index contributed by atoms with van der Waals surface area (Å²) in [5.41, 5.74) is 2.53. The summed E-state index contributed by atoms with van der Waals surface area (Å²) in [5, 5.41) is 12.1. The number of hydrogen-bond donors (Lipinski definition) is 1. The van der Waals surface area contributed by atoms with Crippen molar-refractivity contribution in [1.82, 2.24) is 14.8 Å². The molecule has 3 rings (SSSR count). The smallest absolute Gasteiger partial charge is 0.234 e. The lowest BCUT2D eigenvalue weighted by molar-refractivity contribution is -0.113. The molecule has 0 atom stereocenters. The van der Waals surface area contributed by atoms with E-state index in [0.29, 0.717) is 21.6 Å². The van der Waals surface area contributed by atoms with Gasteiger partial charge in [-0.05, 0) is 36.8 Å². The van der Waals surface area contributed by atoms with Gasteiger partial charge in [0.15, 0.2) is 5.16 Å². The number of halogens is 1. The summed E-state index contributed by atoms with van der Waals surface area (Å²) in [7, 11) is 1.58. The molecule has 2 aromatic carbocycles. The third-order valence-corrected chi connectivity index (χ3v) is 4.99. The average Bonchev–Trinajstić information content (AvgIpc) is 3.11. The molecule has 0 aliphatic heterocycles. The minimum Gasteiger partial charge on any atom is -0.497 e. The van der Waals surface area contributed by atoms with Crippen LogP contribution in [-0.4, -0.2) is 33.5 Å². The first-order valence-corrected chi connectivity index (χ1v) is 9.16. The Kier molecular flexibility index (Phi) is 5.80. The van der Waals surface area contributed by atoms with E-state index in [0.717, 1.165) is 11.3 Å². The molecule has 0 unspecified atom stereocenters. The van der Waals surface area contributed by atoms with Crippen molar-refractivity contribution in [1.29, 1.82) is 0 Å². The van der Waals surface area contributed by atoms with Crippen molar-refractivity contribution >= 4 is 35.0 Å². The SMILES string of the molecule is COc1cccc(NC(=O)CSc2nncn2-c2ccc(C)c(Cl)c2)c1. The van der Waals surface area contributed by atoms with Gasteiger partial charge in [-0.15, -0.1) is 10.2 Å². The standard InChI is InChI=1S/C18H17ClN4O2S/c1-12-6-7-14(9-16(12)19)23-11-20-22-18(23)26-10-17(24)21-13-4-3-5-15(8-13)25-2/h3-9,11H,10H2,1-2H3,(H,21,24). The monoisotopic (exact) mass is 388 g/mol.